The number of nitrogens with one attached hydrogen (secondary N) is 1. The van der Waals surface area contributed by atoms with Gasteiger partial charge in [0.25, 0.3) is 0 Å². The third kappa shape index (κ3) is 1.22. The number of alkyl halides is 1. The topological polar surface area (TPSA) is 66.0 Å². The van der Waals surface area contributed by atoms with Crippen molar-refractivity contribution < 1.29 is 14.3 Å². The Labute approximate surface area is 78.4 Å². The Hall–Kier alpha value is -1.91. The van der Waals surface area contributed by atoms with E-state index in [1.165, 1.54) is 18.5 Å². The molecule has 2 aromatic rings. The molecule has 0 atom stereocenters. The van der Waals surface area contributed by atoms with Crippen molar-refractivity contribution in [3.63, 3.8) is 0 Å². The Kier molecular flexibility index (Phi) is 1.92. The minimum Gasteiger partial charge on any atom is -0.478 e. The van der Waals surface area contributed by atoms with E-state index in [-0.39, 0.29) is 5.56 Å². The van der Waals surface area contributed by atoms with Crippen molar-refractivity contribution in [1.29, 1.82) is 0 Å². The second kappa shape index (κ2) is 3.10. The number of rotatable bonds is 2. The van der Waals surface area contributed by atoms with E-state index in [4.69, 9.17) is 5.11 Å². The van der Waals surface area contributed by atoms with E-state index in [1.807, 2.05) is 0 Å². The van der Waals surface area contributed by atoms with Crippen molar-refractivity contribution in [3.8, 4) is 0 Å². The molecule has 0 aliphatic heterocycles. The number of halogens is 1. The van der Waals surface area contributed by atoms with Gasteiger partial charge in [0, 0.05) is 23.3 Å². The molecule has 72 valence electrons. The first-order valence-corrected chi connectivity index (χ1v) is 3.97. The third-order valence-electron chi connectivity index (χ3n) is 1.97. The Morgan fingerprint density at radius 2 is 2.43 bits per heavy atom. The highest BCUT2D eigenvalue weighted by Gasteiger charge is 2.11. The highest BCUT2D eigenvalue weighted by Crippen LogP contribution is 2.17. The number of carbonyl (C=O) groups is 1. The molecule has 0 saturated carbocycles. The number of hydrogen-bond donors (Lipinski definition) is 2. The number of H-pyrrole nitrogens is 1. The molecule has 0 aromatic carbocycles. The van der Waals surface area contributed by atoms with Gasteiger partial charge in [-0.2, -0.15) is 0 Å². The van der Waals surface area contributed by atoms with Gasteiger partial charge >= 0.3 is 5.97 Å². The van der Waals surface area contributed by atoms with Crippen LogP contribution in [0.1, 0.15) is 15.9 Å². The number of carboxylic acid groups (broad SMARTS) is 1. The number of hydrogen-bond acceptors (Lipinski definition) is 2. The van der Waals surface area contributed by atoms with E-state index < -0.39 is 12.6 Å². The zero-order chi connectivity index (χ0) is 10.1. The zero-order valence-corrected chi connectivity index (χ0v) is 7.12. The second-order valence-corrected chi connectivity index (χ2v) is 2.88. The van der Waals surface area contributed by atoms with Crippen LogP contribution in [0.4, 0.5) is 4.39 Å². The molecule has 0 spiro atoms. The monoisotopic (exact) mass is 194 g/mol. The Morgan fingerprint density at radius 1 is 1.64 bits per heavy atom. The first-order chi connectivity index (χ1) is 6.72. The summed E-state index contributed by atoms with van der Waals surface area (Å²) in [6.45, 7) is -0.646. The lowest BCUT2D eigenvalue weighted by atomic mass is 10.2. The number of aromatic nitrogens is 2. The molecule has 0 saturated heterocycles. The van der Waals surface area contributed by atoms with Gasteiger partial charge in [0.2, 0.25) is 0 Å². The van der Waals surface area contributed by atoms with Crippen molar-refractivity contribution in [2.45, 2.75) is 6.67 Å². The average molecular weight is 194 g/mol. The standard InChI is InChI=1S/C9H7FN2O2/c10-2-5-1-6-7(9(13)14)4-12-8(6)11-3-5/h1,3-4H,2H2,(H,11,12)(H,13,14). The van der Waals surface area contributed by atoms with Crippen molar-refractivity contribution in [1.82, 2.24) is 9.97 Å². The summed E-state index contributed by atoms with van der Waals surface area (Å²) in [5.41, 5.74) is 0.946. The van der Waals surface area contributed by atoms with Gasteiger partial charge in [-0.1, -0.05) is 0 Å². The highest BCUT2D eigenvalue weighted by atomic mass is 19.1. The van der Waals surface area contributed by atoms with E-state index >= 15 is 0 Å². The number of carboxylic acids is 1. The van der Waals surface area contributed by atoms with Crippen LogP contribution in [-0.4, -0.2) is 21.0 Å². The predicted molar refractivity (Wildman–Crippen MR) is 47.9 cm³/mol. The largest absolute Gasteiger partial charge is 0.478 e. The summed E-state index contributed by atoms with van der Waals surface area (Å²) >= 11 is 0. The molecule has 2 heterocycles. The van der Waals surface area contributed by atoms with Crippen LogP contribution in [-0.2, 0) is 6.67 Å². The molecule has 0 fully saturated rings. The van der Waals surface area contributed by atoms with Crippen LogP contribution in [0.25, 0.3) is 11.0 Å². The third-order valence-corrected chi connectivity index (χ3v) is 1.97. The molecule has 4 nitrogen and oxygen atoms in total. The number of aromatic amines is 1. The molecule has 0 bridgehead atoms. The maximum atomic E-state index is 12.3. The molecule has 0 aliphatic rings. The molecule has 2 rings (SSSR count). The summed E-state index contributed by atoms with van der Waals surface area (Å²) in [7, 11) is 0. The highest BCUT2D eigenvalue weighted by molar-refractivity contribution is 6.02. The van der Waals surface area contributed by atoms with Crippen LogP contribution >= 0.6 is 0 Å². The van der Waals surface area contributed by atoms with Crippen LogP contribution in [0.5, 0.6) is 0 Å². The lowest BCUT2D eigenvalue weighted by molar-refractivity contribution is 0.0699. The number of nitrogens with zero attached hydrogens (tertiary/aromatic N) is 1. The first-order valence-electron chi connectivity index (χ1n) is 3.97. The quantitative estimate of drug-likeness (QED) is 0.765. The SMILES string of the molecule is O=C(O)c1c[nH]c2ncc(CF)cc12. The predicted octanol–water partition coefficient (Wildman–Crippen LogP) is 1.73. The summed E-state index contributed by atoms with van der Waals surface area (Å²) in [4.78, 5) is 17.3. The molecule has 0 unspecified atom stereocenters. The summed E-state index contributed by atoms with van der Waals surface area (Å²) < 4.78 is 12.3. The molecule has 2 aromatic heterocycles. The molecule has 2 N–H and O–H groups in total. The van der Waals surface area contributed by atoms with Gasteiger partial charge in [-0.25, -0.2) is 14.2 Å². The van der Waals surface area contributed by atoms with E-state index in [0.717, 1.165) is 0 Å². The average Bonchev–Trinajstić information content (AvgIpc) is 2.59. The summed E-state index contributed by atoms with van der Waals surface area (Å²) in [5, 5.41) is 9.23. The van der Waals surface area contributed by atoms with Crippen molar-refractivity contribution in [2.24, 2.45) is 0 Å². The maximum Gasteiger partial charge on any atom is 0.337 e. The second-order valence-electron chi connectivity index (χ2n) is 2.88. The first kappa shape index (κ1) is 8.68. The normalized spacial score (nSPS) is 10.6. The molecular weight excluding hydrogens is 187 g/mol. The van der Waals surface area contributed by atoms with E-state index in [9.17, 15) is 9.18 Å². The molecule has 0 amide bonds. The number of aromatic carboxylic acids is 1. The van der Waals surface area contributed by atoms with Gasteiger partial charge in [-0.3, -0.25) is 0 Å². The van der Waals surface area contributed by atoms with E-state index in [2.05, 4.69) is 9.97 Å². The van der Waals surface area contributed by atoms with Gasteiger partial charge in [0.05, 0.1) is 5.56 Å². The summed E-state index contributed by atoms with van der Waals surface area (Å²) in [6, 6.07) is 1.49. The fraction of sp³-hybridized carbons (Fsp3) is 0.111. The molecule has 0 radical (unpaired) electrons. The van der Waals surface area contributed by atoms with Crippen LogP contribution in [0, 0.1) is 0 Å². The zero-order valence-electron chi connectivity index (χ0n) is 7.12. The lowest BCUT2D eigenvalue weighted by Crippen LogP contribution is -1.94. The Balaban J connectivity index is 2.69. The maximum absolute atomic E-state index is 12.3. The molecule has 5 heteroatoms. The van der Waals surface area contributed by atoms with Crippen LogP contribution in [0.2, 0.25) is 0 Å². The van der Waals surface area contributed by atoms with E-state index in [0.29, 0.717) is 16.6 Å². The minimum absolute atomic E-state index is 0.114. The van der Waals surface area contributed by atoms with Gasteiger partial charge in [0.1, 0.15) is 12.3 Å². The molecule has 14 heavy (non-hydrogen) atoms. The summed E-state index contributed by atoms with van der Waals surface area (Å²) in [6.07, 6.45) is 2.73. The number of pyridine rings is 1. The molecule has 0 aliphatic carbocycles. The van der Waals surface area contributed by atoms with Crippen molar-refractivity contribution in [2.75, 3.05) is 0 Å². The minimum atomic E-state index is -1.05. The van der Waals surface area contributed by atoms with Crippen molar-refractivity contribution >= 4 is 17.0 Å². The summed E-state index contributed by atoms with van der Waals surface area (Å²) in [5.74, 6) is -1.05. The smallest absolute Gasteiger partial charge is 0.337 e. The van der Waals surface area contributed by atoms with Gasteiger partial charge in [-0.05, 0) is 6.07 Å². The van der Waals surface area contributed by atoms with E-state index in [1.54, 1.807) is 0 Å². The molecular formula is C9H7FN2O2. The van der Waals surface area contributed by atoms with Crippen LogP contribution < -0.4 is 0 Å². The Bertz CT molecular complexity index is 493. The lowest BCUT2D eigenvalue weighted by Gasteiger charge is -1.95. The van der Waals surface area contributed by atoms with Crippen LogP contribution in [0.3, 0.4) is 0 Å². The van der Waals surface area contributed by atoms with Gasteiger partial charge in [-0.15, -0.1) is 0 Å². The number of fused-ring (bicyclic) bond motifs is 1. The van der Waals surface area contributed by atoms with Crippen LogP contribution in [0.15, 0.2) is 18.5 Å². The van der Waals surface area contributed by atoms with Gasteiger partial charge in [0.15, 0.2) is 0 Å². The fourth-order valence-corrected chi connectivity index (χ4v) is 1.30. The fourth-order valence-electron chi connectivity index (χ4n) is 1.30. The van der Waals surface area contributed by atoms with Gasteiger partial charge < -0.3 is 10.1 Å². The Morgan fingerprint density at radius 3 is 3.07 bits per heavy atom. The van der Waals surface area contributed by atoms with Crippen molar-refractivity contribution in [3.05, 3.63) is 29.6 Å².